The molecule has 4 heteroatoms. The largest absolute Gasteiger partial charge is 0.293 e. The molecule has 0 aliphatic heterocycles. The summed E-state index contributed by atoms with van der Waals surface area (Å²) in [5.74, 6) is -0.0779. The monoisotopic (exact) mass is 284 g/mol. The number of aryl methyl sites for hydroxylation is 1. The molecule has 2 aromatic rings. The summed E-state index contributed by atoms with van der Waals surface area (Å²) in [6, 6.07) is 11.1. The number of rotatable bonds is 3. The molecule has 0 radical (unpaired) electrons. The van der Waals surface area contributed by atoms with Crippen molar-refractivity contribution in [2.24, 2.45) is 0 Å². The number of nitrogens with zero attached hydrogens (tertiary/aromatic N) is 2. The number of ketones is 1. The lowest BCUT2D eigenvalue weighted by Crippen LogP contribution is -2.02. The molecular formula is C16H13ClN2O. The minimum atomic E-state index is -0.0779. The third-order valence-electron chi connectivity index (χ3n) is 3.04. The molecule has 0 fully saturated rings. The van der Waals surface area contributed by atoms with Crippen molar-refractivity contribution in [1.82, 2.24) is 4.98 Å². The van der Waals surface area contributed by atoms with Gasteiger partial charge in [0.1, 0.15) is 5.69 Å². The summed E-state index contributed by atoms with van der Waals surface area (Å²) in [5, 5.41) is 9.36. The Hall–Kier alpha value is -2.18. The van der Waals surface area contributed by atoms with Gasteiger partial charge in [0.25, 0.3) is 0 Å². The van der Waals surface area contributed by atoms with E-state index in [-0.39, 0.29) is 5.78 Å². The molecule has 0 aliphatic carbocycles. The lowest BCUT2D eigenvalue weighted by Gasteiger charge is -2.09. The first-order valence-corrected chi connectivity index (χ1v) is 6.55. The summed E-state index contributed by atoms with van der Waals surface area (Å²) in [7, 11) is 0. The Labute approximate surface area is 122 Å². The third kappa shape index (κ3) is 3.04. The van der Waals surface area contributed by atoms with Crippen LogP contribution in [0.1, 0.15) is 39.8 Å². The smallest absolute Gasteiger partial charge is 0.178 e. The standard InChI is InChI=1S/C16H13ClN2O/c1-10-16(17)14(8-15(19-10)11(2)20)7-12-3-5-13(9-18)6-4-12/h3-6,8H,7H2,1-2H3. The number of benzene rings is 1. The molecule has 1 heterocycles. The molecule has 0 spiro atoms. The van der Waals surface area contributed by atoms with Crippen molar-refractivity contribution in [3.05, 3.63) is 63.4 Å². The zero-order valence-corrected chi connectivity index (χ0v) is 12.0. The summed E-state index contributed by atoms with van der Waals surface area (Å²) in [4.78, 5) is 15.6. The molecule has 2 rings (SSSR count). The van der Waals surface area contributed by atoms with E-state index < -0.39 is 0 Å². The quantitative estimate of drug-likeness (QED) is 0.807. The highest BCUT2D eigenvalue weighted by Gasteiger charge is 2.11. The van der Waals surface area contributed by atoms with E-state index in [0.717, 1.165) is 11.1 Å². The summed E-state index contributed by atoms with van der Waals surface area (Å²) in [5.41, 5.74) is 3.61. The number of carbonyl (C=O) groups is 1. The van der Waals surface area contributed by atoms with Crippen molar-refractivity contribution < 1.29 is 4.79 Å². The number of hydrogen-bond acceptors (Lipinski definition) is 3. The van der Waals surface area contributed by atoms with Crippen LogP contribution < -0.4 is 0 Å². The molecule has 3 nitrogen and oxygen atoms in total. The predicted octanol–water partition coefficient (Wildman–Crippen LogP) is 3.71. The van der Waals surface area contributed by atoms with E-state index >= 15 is 0 Å². The van der Waals surface area contributed by atoms with Gasteiger partial charge in [-0.3, -0.25) is 4.79 Å². The van der Waals surface area contributed by atoms with Crippen molar-refractivity contribution in [2.45, 2.75) is 20.3 Å². The normalized spacial score (nSPS) is 10.1. The van der Waals surface area contributed by atoms with Crippen LogP contribution in [-0.4, -0.2) is 10.8 Å². The molecule has 0 N–H and O–H groups in total. The number of carbonyl (C=O) groups excluding carboxylic acids is 1. The number of hydrogen-bond donors (Lipinski definition) is 0. The van der Waals surface area contributed by atoms with Crippen LogP contribution in [0.2, 0.25) is 5.02 Å². The molecule has 20 heavy (non-hydrogen) atoms. The average Bonchev–Trinajstić information content (AvgIpc) is 2.44. The van der Waals surface area contributed by atoms with E-state index in [1.165, 1.54) is 6.92 Å². The molecule has 0 aliphatic rings. The number of halogens is 1. The van der Waals surface area contributed by atoms with Crippen molar-refractivity contribution in [2.75, 3.05) is 0 Å². The highest BCUT2D eigenvalue weighted by Crippen LogP contribution is 2.23. The molecule has 0 unspecified atom stereocenters. The van der Waals surface area contributed by atoms with E-state index in [2.05, 4.69) is 11.1 Å². The Balaban J connectivity index is 2.37. The van der Waals surface area contributed by atoms with E-state index in [1.54, 1.807) is 25.1 Å². The van der Waals surface area contributed by atoms with Crippen LogP contribution in [0, 0.1) is 18.3 Å². The SMILES string of the molecule is CC(=O)c1cc(Cc2ccc(C#N)cc2)c(Cl)c(C)n1. The molecule has 0 amide bonds. The van der Waals surface area contributed by atoms with Gasteiger partial charge in [0.15, 0.2) is 5.78 Å². The van der Waals surface area contributed by atoms with Gasteiger partial charge >= 0.3 is 0 Å². The van der Waals surface area contributed by atoms with Gasteiger partial charge in [0, 0.05) is 6.92 Å². The van der Waals surface area contributed by atoms with Gasteiger partial charge in [-0.2, -0.15) is 5.26 Å². The summed E-state index contributed by atoms with van der Waals surface area (Å²) in [6.45, 7) is 3.28. The van der Waals surface area contributed by atoms with E-state index in [4.69, 9.17) is 16.9 Å². The van der Waals surface area contributed by atoms with Crippen LogP contribution in [0.4, 0.5) is 0 Å². The van der Waals surface area contributed by atoms with Gasteiger partial charge < -0.3 is 0 Å². The Morgan fingerprint density at radius 3 is 2.55 bits per heavy atom. The van der Waals surface area contributed by atoms with Crippen molar-refractivity contribution >= 4 is 17.4 Å². The minimum absolute atomic E-state index is 0.0779. The zero-order valence-electron chi connectivity index (χ0n) is 11.3. The first-order valence-electron chi connectivity index (χ1n) is 6.17. The maximum absolute atomic E-state index is 11.5. The zero-order chi connectivity index (χ0) is 14.7. The van der Waals surface area contributed by atoms with Gasteiger partial charge in [-0.1, -0.05) is 23.7 Å². The van der Waals surface area contributed by atoms with Crippen molar-refractivity contribution in [1.29, 1.82) is 5.26 Å². The van der Waals surface area contributed by atoms with Gasteiger partial charge in [0.05, 0.1) is 22.3 Å². The first-order chi connectivity index (χ1) is 9.51. The maximum Gasteiger partial charge on any atom is 0.178 e. The minimum Gasteiger partial charge on any atom is -0.293 e. The molecule has 1 aromatic heterocycles. The molecule has 1 aromatic carbocycles. The molecule has 0 atom stereocenters. The second-order valence-corrected chi connectivity index (χ2v) is 4.99. The fourth-order valence-corrected chi connectivity index (χ4v) is 2.11. The predicted molar refractivity (Wildman–Crippen MR) is 78.0 cm³/mol. The molecule has 0 bridgehead atoms. The first kappa shape index (κ1) is 14.2. The highest BCUT2D eigenvalue weighted by molar-refractivity contribution is 6.32. The Morgan fingerprint density at radius 1 is 1.35 bits per heavy atom. The second-order valence-electron chi connectivity index (χ2n) is 4.61. The van der Waals surface area contributed by atoms with Crippen LogP contribution in [-0.2, 0) is 6.42 Å². The molecule has 100 valence electrons. The topological polar surface area (TPSA) is 53.8 Å². The van der Waals surface area contributed by atoms with Crippen LogP contribution in [0.5, 0.6) is 0 Å². The maximum atomic E-state index is 11.5. The van der Waals surface area contributed by atoms with Crippen molar-refractivity contribution in [3.63, 3.8) is 0 Å². The summed E-state index contributed by atoms with van der Waals surface area (Å²) < 4.78 is 0. The average molecular weight is 285 g/mol. The third-order valence-corrected chi connectivity index (χ3v) is 3.55. The van der Waals surface area contributed by atoms with Gasteiger partial charge in [0.2, 0.25) is 0 Å². The number of pyridine rings is 1. The van der Waals surface area contributed by atoms with E-state index in [9.17, 15) is 4.79 Å². The fourth-order valence-electron chi connectivity index (χ4n) is 1.95. The van der Waals surface area contributed by atoms with Gasteiger partial charge in [-0.25, -0.2) is 4.98 Å². The van der Waals surface area contributed by atoms with Crippen LogP contribution in [0.3, 0.4) is 0 Å². The lowest BCUT2D eigenvalue weighted by molar-refractivity contribution is 0.101. The Morgan fingerprint density at radius 2 is 2.00 bits per heavy atom. The van der Waals surface area contributed by atoms with E-state index in [1.807, 2.05) is 12.1 Å². The Bertz CT molecular complexity index is 700. The van der Waals surface area contributed by atoms with Crippen molar-refractivity contribution in [3.8, 4) is 6.07 Å². The molecule has 0 saturated heterocycles. The van der Waals surface area contributed by atoms with Crippen LogP contribution in [0.15, 0.2) is 30.3 Å². The van der Waals surface area contributed by atoms with E-state index in [0.29, 0.717) is 28.4 Å². The molecular weight excluding hydrogens is 272 g/mol. The van der Waals surface area contributed by atoms with Gasteiger partial charge in [-0.15, -0.1) is 0 Å². The molecule has 0 saturated carbocycles. The number of Topliss-reactive ketones (excluding diaryl/α,β-unsaturated/α-hetero) is 1. The highest BCUT2D eigenvalue weighted by atomic mass is 35.5. The fraction of sp³-hybridized carbons (Fsp3) is 0.188. The summed E-state index contributed by atoms with van der Waals surface area (Å²) in [6.07, 6.45) is 0.605. The van der Waals surface area contributed by atoms with Gasteiger partial charge in [-0.05, 0) is 42.7 Å². The van der Waals surface area contributed by atoms with Crippen LogP contribution >= 0.6 is 11.6 Å². The second kappa shape index (κ2) is 5.85. The summed E-state index contributed by atoms with van der Waals surface area (Å²) >= 11 is 6.25. The Kier molecular flexibility index (Phi) is 4.16. The number of nitriles is 1. The number of aromatic nitrogens is 1. The lowest BCUT2D eigenvalue weighted by atomic mass is 10.0. The van der Waals surface area contributed by atoms with Crippen LogP contribution in [0.25, 0.3) is 0 Å².